The van der Waals surface area contributed by atoms with E-state index < -0.39 is 0 Å². The number of nitrogens with one attached hydrogen (secondary N) is 1. The molecule has 0 radical (unpaired) electrons. The SMILES string of the molecule is CC1CCCN(CC(=O)Nc2ccccc2N2CCOCC2)C1. The summed E-state index contributed by atoms with van der Waals surface area (Å²) in [6, 6.07) is 8.06. The molecule has 1 unspecified atom stereocenters. The number of carbonyl (C=O) groups is 1. The molecule has 1 aromatic rings. The first-order valence-corrected chi connectivity index (χ1v) is 8.66. The van der Waals surface area contributed by atoms with Gasteiger partial charge in [-0.15, -0.1) is 0 Å². The fourth-order valence-corrected chi connectivity index (χ4v) is 3.48. The summed E-state index contributed by atoms with van der Waals surface area (Å²) >= 11 is 0. The van der Waals surface area contributed by atoms with Crippen LogP contribution in [0.5, 0.6) is 0 Å². The number of nitrogens with zero attached hydrogens (tertiary/aromatic N) is 2. The Kier molecular flexibility index (Phi) is 5.51. The van der Waals surface area contributed by atoms with Crippen LogP contribution in [0.2, 0.25) is 0 Å². The van der Waals surface area contributed by atoms with Crippen molar-refractivity contribution in [2.24, 2.45) is 5.92 Å². The fourth-order valence-electron chi connectivity index (χ4n) is 3.48. The van der Waals surface area contributed by atoms with Gasteiger partial charge in [0.1, 0.15) is 0 Å². The summed E-state index contributed by atoms with van der Waals surface area (Å²) in [6.45, 7) is 8.04. The number of amides is 1. The third kappa shape index (κ3) is 4.45. The van der Waals surface area contributed by atoms with E-state index in [0.29, 0.717) is 12.5 Å². The quantitative estimate of drug-likeness (QED) is 0.925. The second-order valence-electron chi connectivity index (χ2n) is 6.65. The Hall–Kier alpha value is -1.59. The minimum absolute atomic E-state index is 0.0832. The number of anilines is 2. The molecule has 0 aliphatic carbocycles. The number of ether oxygens (including phenoxy) is 1. The molecule has 1 amide bonds. The molecular formula is C18H27N3O2. The predicted octanol–water partition coefficient (Wildman–Crippen LogP) is 2.19. The van der Waals surface area contributed by atoms with Gasteiger partial charge in [0, 0.05) is 19.6 Å². The van der Waals surface area contributed by atoms with Crippen molar-refractivity contribution in [3.63, 3.8) is 0 Å². The lowest BCUT2D eigenvalue weighted by molar-refractivity contribution is -0.117. The predicted molar refractivity (Wildman–Crippen MR) is 92.9 cm³/mol. The molecule has 0 aromatic heterocycles. The second-order valence-corrected chi connectivity index (χ2v) is 6.65. The molecule has 1 atom stereocenters. The lowest BCUT2D eigenvalue weighted by atomic mass is 10.0. The first-order valence-electron chi connectivity index (χ1n) is 8.66. The maximum absolute atomic E-state index is 12.4. The molecule has 2 heterocycles. The van der Waals surface area contributed by atoms with Crippen LogP contribution in [0, 0.1) is 5.92 Å². The van der Waals surface area contributed by atoms with Gasteiger partial charge < -0.3 is 15.0 Å². The molecule has 5 heteroatoms. The number of piperidine rings is 1. The van der Waals surface area contributed by atoms with Crippen LogP contribution < -0.4 is 10.2 Å². The summed E-state index contributed by atoms with van der Waals surface area (Å²) in [7, 11) is 0. The topological polar surface area (TPSA) is 44.8 Å². The van der Waals surface area contributed by atoms with E-state index in [9.17, 15) is 4.79 Å². The number of para-hydroxylation sites is 2. The number of hydrogen-bond donors (Lipinski definition) is 1. The van der Waals surface area contributed by atoms with Gasteiger partial charge in [0.15, 0.2) is 0 Å². The van der Waals surface area contributed by atoms with Crippen LogP contribution >= 0.6 is 0 Å². The van der Waals surface area contributed by atoms with Crippen LogP contribution in [0.3, 0.4) is 0 Å². The third-order valence-electron chi connectivity index (χ3n) is 4.64. The molecule has 126 valence electrons. The summed E-state index contributed by atoms with van der Waals surface area (Å²) < 4.78 is 5.42. The van der Waals surface area contributed by atoms with Crippen molar-refractivity contribution in [2.45, 2.75) is 19.8 Å². The van der Waals surface area contributed by atoms with Crippen molar-refractivity contribution >= 4 is 17.3 Å². The Balaban J connectivity index is 1.61. The smallest absolute Gasteiger partial charge is 0.238 e. The first-order chi connectivity index (χ1) is 11.2. The Labute approximate surface area is 138 Å². The molecule has 1 aromatic carbocycles. The molecule has 0 bridgehead atoms. The molecule has 3 rings (SSSR count). The zero-order chi connectivity index (χ0) is 16.1. The molecule has 2 fully saturated rings. The highest BCUT2D eigenvalue weighted by Crippen LogP contribution is 2.26. The largest absolute Gasteiger partial charge is 0.378 e. The normalized spacial score (nSPS) is 22.8. The van der Waals surface area contributed by atoms with Gasteiger partial charge in [-0.05, 0) is 37.4 Å². The van der Waals surface area contributed by atoms with E-state index in [-0.39, 0.29) is 5.91 Å². The lowest BCUT2D eigenvalue weighted by Gasteiger charge is -2.31. The summed E-state index contributed by atoms with van der Waals surface area (Å²) in [6.07, 6.45) is 2.47. The summed E-state index contributed by atoms with van der Waals surface area (Å²) in [5.74, 6) is 0.775. The van der Waals surface area contributed by atoms with E-state index in [0.717, 1.165) is 50.8 Å². The molecule has 0 saturated carbocycles. The maximum Gasteiger partial charge on any atom is 0.238 e. The zero-order valence-electron chi connectivity index (χ0n) is 14.0. The first kappa shape index (κ1) is 16.3. The minimum atomic E-state index is 0.0832. The van der Waals surface area contributed by atoms with E-state index in [4.69, 9.17) is 4.74 Å². The van der Waals surface area contributed by atoms with Gasteiger partial charge in [0.25, 0.3) is 0 Å². The summed E-state index contributed by atoms with van der Waals surface area (Å²) in [5, 5.41) is 3.11. The fraction of sp³-hybridized carbons (Fsp3) is 0.611. The van der Waals surface area contributed by atoms with E-state index in [1.54, 1.807) is 0 Å². The van der Waals surface area contributed by atoms with Crippen LogP contribution in [-0.2, 0) is 9.53 Å². The van der Waals surface area contributed by atoms with Crippen molar-refractivity contribution in [3.05, 3.63) is 24.3 Å². The van der Waals surface area contributed by atoms with Crippen LogP contribution in [0.1, 0.15) is 19.8 Å². The maximum atomic E-state index is 12.4. The van der Waals surface area contributed by atoms with Gasteiger partial charge in [0.05, 0.1) is 31.1 Å². The molecular weight excluding hydrogens is 290 g/mol. The average Bonchev–Trinajstić information content (AvgIpc) is 2.56. The van der Waals surface area contributed by atoms with Gasteiger partial charge >= 0.3 is 0 Å². The van der Waals surface area contributed by atoms with Crippen molar-refractivity contribution in [2.75, 3.05) is 56.2 Å². The van der Waals surface area contributed by atoms with Crippen LogP contribution in [0.15, 0.2) is 24.3 Å². The number of hydrogen-bond acceptors (Lipinski definition) is 4. The van der Waals surface area contributed by atoms with Crippen molar-refractivity contribution in [1.29, 1.82) is 0 Å². The standard InChI is InChI=1S/C18H27N3O2/c1-15-5-4-8-20(13-15)14-18(22)19-16-6-2-3-7-17(16)21-9-11-23-12-10-21/h2-3,6-7,15H,4-5,8-14H2,1H3,(H,19,22). The molecule has 2 aliphatic heterocycles. The lowest BCUT2D eigenvalue weighted by Crippen LogP contribution is -2.40. The van der Waals surface area contributed by atoms with E-state index in [1.165, 1.54) is 12.8 Å². The average molecular weight is 317 g/mol. The van der Waals surface area contributed by atoms with Gasteiger partial charge in [-0.2, -0.15) is 0 Å². The Bertz CT molecular complexity index is 529. The Morgan fingerprint density at radius 3 is 2.83 bits per heavy atom. The Morgan fingerprint density at radius 2 is 2.04 bits per heavy atom. The second kappa shape index (κ2) is 7.79. The van der Waals surface area contributed by atoms with Gasteiger partial charge in [-0.25, -0.2) is 0 Å². The molecule has 2 aliphatic rings. The highest BCUT2D eigenvalue weighted by Gasteiger charge is 2.20. The number of benzene rings is 1. The molecule has 2 saturated heterocycles. The van der Waals surface area contributed by atoms with Crippen LogP contribution in [0.4, 0.5) is 11.4 Å². The number of morpholine rings is 1. The van der Waals surface area contributed by atoms with Gasteiger partial charge in [0.2, 0.25) is 5.91 Å². The third-order valence-corrected chi connectivity index (χ3v) is 4.64. The number of rotatable bonds is 4. The van der Waals surface area contributed by atoms with Crippen molar-refractivity contribution in [1.82, 2.24) is 4.90 Å². The number of carbonyl (C=O) groups excluding carboxylic acids is 1. The van der Waals surface area contributed by atoms with E-state index in [1.807, 2.05) is 18.2 Å². The molecule has 1 N–H and O–H groups in total. The van der Waals surface area contributed by atoms with Crippen LogP contribution in [-0.4, -0.2) is 56.7 Å². The van der Waals surface area contributed by atoms with E-state index >= 15 is 0 Å². The van der Waals surface area contributed by atoms with Crippen LogP contribution in [0.25, 0.3) is 0 Å². The zero-order valence-corrected chi connectivity index (χ0v) is 14.0. The molecule has 23 heavy (non-hydrogen) atoms. The molecule has 0 spiro atoms. The minimum Gasteiger partial charge on any atom is -0.378 e. The summed E-state index contributed by atoms with van der Waals surface area (Å²) in [4.78, 5) is 17.0. The van der Waals surface area contributed by atoms with Gasteiger partial charge in [-0.3, -0.25) is 9.69 Å². The van der Waals surface area contributed by atoms with E-state index in [2.05, 4.69) is 28.1 Å². The van der Waals surface area contributed by atoms with Crippen molar-refractivity contribution < 1.29 is 9.53 Å². The van der Waals surface area contributed by atoms with Crippen molar-refractivity contribution in [3.8, 4) is 0 Å². The highest BCUT2D eigenvalue weighted by atomic mass is 16.5. The van der Waals surface area contributed by atoms with Gasteiger partial charge in [-0.1, -0.05) is 19.1 Å². The summed E-state index contributed by atoms with van der Waals surface area (Å²) in [5.41, 5.74) is 2.00. The Morgan fingerprint density at radius 1 is 1.26 bits per heavy atom. The highest BCUT2D eigenvalue weighted by molar-refractivity contribution is 5.95. The molecule has 5 nitrogen and oxygen atoms in total. The monoisotopic (exact) mass is 317 g/mol. The number of likely N-dealkylation sites (tertiary alicyclic amines) is 1.